The van der Waals surface area contributed by atoms with Crippen molar-refractivity contribution >= 4 is 32.3 Å². The summed E-state index contributed by atoms with van der Waals surface area (Å²) in [7, 11) is 0. The van der Waals surface area contributed by atoms with Gasteiger partial charge in [0.25, 0.3) is 5.56 Å². The van der Waals surface area contributed by atoms with E-state index in [0.717, 1.165) is 43.5 Å². The van der Waals surface area contributed by atoms with Crippen LogP contribution in [0.2, 0.25) is 0 Å². The molecule has 0 aliphatic rings. The molecule has 0 atom stereocenters. The van der Waals surface area contributed by atoms with Gasteiger partial charge in [-0.15, -0.1) is 11.3 Å². The summed E-state index contributed by atoms with van der Waals surface area (Å²) in [6.45, 7) is 2.44. The van der Waals surface area contributed by atoms with E-state index < -0.39 is 0 Å². The molecule has 0 amide bonds. The van der Waals surface area contributed by atoms with Crippen LogP contribution < -0.4 is 5.56 Å². The van der Waals surface area contributed by atoms with E-state index in [-0.39, 0.29) is 5.56 Å². The summed E-state index contributed by atoms with van der Waals surface area (Å²) >= 11 is 1.54. The van der Waals surface area contributed by atoms with Crippen molar-refractivity contribution in [2.24, 2.45) is 0 Å². The lowest BCUT2D eigenvalue weighted by Gasteiger charge is -2.07. The van der Waals surface area contributed by atoms with Crippen LogP contribution in [-0.2, 0) is 13.0 Å². The smallest absolute Gasteiger partial charge is 0.267 e. The van der Waals surface area contributed by atoms with Crippen molar-refractivity contribution in [2.45, 2.75) is 19.9 Å². The molecule has 5 rings (SSSR count). The Balaban J connectivity index is 1.49. The molecule has 0 radical (unpaired) electrons. The molecule has 0 saturated heterocycles. The molecule has 142 valence electrons. The van der Waals surface area contributed by atoms with E-state index in [9.17, 15) is 4.79 Å². The average Bonchev–Trinajstić information content (AvgIpc) is 3.18. The first-order valence-electron chi connectivity index (χ1n) is 9.44. The maximum absolute atomic E-state index is 13.2. The molecule has 5 aromatic rings. The zero-order valence-electron chi connectivity index (χ0n) is 15.9. The number of hydrogen-bond acceptors (Lipinski definition) is 5. The van der Waals surface area contributed by atoms with Gasteiger partial charge in [0, 0.05) is 40.3 Å². The first-order valence-corrected chi connectivity index (χ1v) is 10.3. The van der Waals surface area contributed by atoms with Crippen molar-refractivity contribution in [3.63, 3.8) is 0 Å². The second-order valence-electron chi connectivity index (χ2n) is 6.99. The highest BCUT2D eigenvalue weighted by Gasteiger charge is 2.13. The Hall–Kier alpha value is -3.38. The molecule has 0 aliphatic heterocycles. The van der Waals surface area contributed by atoms with Gasteiger partial charge in [0.15, 0.2) is 0 Å². The Morgan fingerprint density at radius 3 is 2.90 bits per heavy atom. The number of nitrogens with zero attached hydrogens (tertiary/aromatic N) is 4. The molecule has 6 heteroatoms. The third-order valence-corrected chi connectivity index (χ3v) is 5.94. The normalized spacial score (nSPS) is 11.3. The molecule has 0 N–H and O–H groups in total. The van der Waals surface area contributed by atoms with Crippen LogP contribution in [0.15, 0.2) is 71.1 Å². The number of aryl methyl sites for hydroxylation is 3. The number of aromatic nitrogens is 4. The van der Waals surface area contributed by atoms with Gasteiger partial charge < -0.3 is 0 Å². The number of para-hydroxylation sites is 1. The van der Waals surface area contributed by atoms with Crippen LogP contribution in [0.4, 0.5) is 0 Å². The van der Waals surface area contributed by atoms with Gasteiger partial charge in [-0.1, -0.05) is 24.3 Å². The quantitative estimate of drug-likeness (QED) is 0.443. The molecular formula is C23H18N4OS. The Kier molecular flexibility index (Phi) is 4.41. The maximum Gasteiger partial charge on any atom is 0.276 e. The molecule has 1 aromatic carbocycles. The largest absolute Gasteiger partial charge is 0.276 e. The van der Waals surface area contributed by atoms with Crippen molar-refractivity contribution in [2.75, 3.05) is 0 Å². The van der Waals surface area contributed by atoms with Gasteiger partial charge in [0.05, 0.1) is 28.3 Å². The molecular weight excluding hydrogens is 380 g/mol. The Morgan fingerprint density at radius 1 is 1.10 bits per heavy atom. The van der Waals surface area contributed by atoms with E-state index in [4.69, 9.17) is 4.98 Å². The van der Waals surface area contributed by atoms with Gasteiger partial charge in [-0.2, -0.15) is 5.10 Å². The first kappa shape index (κ1) is 17.7. The highest BCUT2D eigenvalue weighted by atomic mass is 32.1. The molecule has 0 spiro atoms. The van der Waals surface area contributed by atoms with Crippen LogP contribution in [0.25, 0.3) is 32.1 Å². The SMILES string of the molecule is Cc1cc(-c2csc3cnn(CCc4ccc5ccccc5n4)c(=O)c23)ccn1. The van der Waals surface area contributed by atoms with Crippen molar-refractivity contribution in [1.82, 2.24) is 19.7 Å². The summed E-state index contributed by atoms with van der Waals surface area (Å²) in [5.41, 5.74) is 4.74. The van der Waals surface area contributed by atoms with E-state index in [1.807, 2.05) is 54.8 Å². The lowest BCUT2D eigenvalue weighted by molar-refractivity contribution is 0.580. The second-order valence-corrected chi connectivity index (χ2v) is 7.90. The van der Waals surface area contributed by atoms with Crippen molar-refractivity contribution in [3.8, 4) is 11.1 Å². The monoisotopic (exact) mass is 398 g/mol. The van der Waals surface area contributed by atoms with Crippen LogP contribution in [0.1, 0.15) is 11.4 Å². The van der Waals surface area contributed by atoms with Gasteiger partial charge in [-0.3, -0.25) is 14.8 Å². The van der Waals surface area contributed by atoms with E-state index in [1.54, 1.807) is 28.4 Å². The van der Waals surface area contributed by atoms with Gasteiger partial charge in [0.1, 0.15) is 0 Å². The van der Waals surface area contributed by atoms with E-state index in [2.05, 4.69) is 16.1 Å². The number of thiophene rings is 1. The predicted octanol–water partition coefficient (Wildman–Crippen LogP) is 4.62. The third-order valence-electron chi connectivity index (χ3n) is 5.03. The molecule has 0 fully saturated rings. The Labute approximate surface area is 171 Å². The minimum Gasteiger partial charge on any atom is -0.267 e. The zero-order chi connectivity index (χ0) is 19.8. The second kappa shape index (κ2) is 7.22. The summed E-state index contributed by atoms with van der Waals surface area (Å²) in [5, 5.41) is 8.25. The number of benzene rings is 1. The van der Waals surface area contributed by atoms with E-state index in [1.165, 1.54) is 0 Å². The number of pyridine rings is 2. The minimum atomic E-state index is -0.0611. The molecule has 0 unspecified atom stereocenters. The minimum absolute atomic E-state index is 0.0611. The fourth-order valence-corrected chi connectivity index (χ4v) is 4.47. The number of fused-ring (bicyclic) bond motifs is 2. The zero-order valence-corrected chi connectivity index (χ0v) is 16.7. The third kappa shape index (κ3) is 3.32. The topological polar surface area (TPSA) is 60.7 Å². The van der Waals surface area contributed by atoms with E-state index >= 15 is 0 Å². The molecule has 0 bridgehead atoms. The van der Waals surface area contributed by atoms with Crippen LogP contribution in [0.3, 0.4) is 0 Å². The van der Waals surface area contributed by atoms with Gasteiger partial charge in [0.2, 0.25) is 0 Å². The summed E-state index contributed by atoms with van der Waals surface area (Å²) < 4.78 is 2.45. The predicted molar refractivity (Wildman–Crippen MR) is 117 cm³/mol. The standard InChI is InChI=1S/C23H18N4OS/c1-15-12-17(8-10-24-15)19-14-29-21-13-25-27(23(28)22(19)21)11-9-18-7-6-16-4-2-3-5-20(16)26-18/h2-8,10,12-14H,9,11H2,1H3. The highest BCUT2D eigenvalue weighted by molar-refractivity contribution is 7.17. The van der Waals surface area contributed by atoms with Crippen molar-refractivity contribution in [3.05, 3.63) is 88.0 Å². The molecule has 0 aliphatic carbocycles. The van der Waals surface area contributed by atoms with Gasteiger partial charge in [-0.05, 0) is 36.8 Å². The molecule has 5 nitrogen and oxygen atoms in total. The summed E-state index contributed by atoms with van der Waals surface area (Å²) in [5.74, 6) is 0. The van der Waals surface area contributed by atoms with Crippen molar-refractivity contribution < 1.29 is 0 Å². The average molecular weight is 398 g/mol. The van der Waals surface area contributed by atoms with Gasteiger partial charge >= 0.3 is 0 Å². The Morgan fingerprint density at radius 2 is 2.00 bits per heavy atom. The summed E-state index contributed by atoms with van der Waals surface area (Å²) in [6, 6.07) is 16.1. The summed E-state index contributed by atoms with van der Waals surface area (Å²) in [6.07, 6.45) is 4.21. The lowest BCUT2D eigenvalue weighted by atomic mass is 10.1. The highest BCUT2D eigenvalue weighted by Crippen LogP contribution is 2.31. The van der Waals surface area contributed by atoms with E-state index in [0.29, 0.717) is 13.0 Å². The lowest BCUT2D eigenvalue weighted by Crippen LogP contribution is -2.23. The number of rotatable bonds is 4. The van der Waals surface area contributed by atoms with Crippen LogP contribution in [0.5, 0.6) is 0 Å². The van der Waals surface area contributed by atoms with Crippen LogP contribution >= 0.6 is 11.3 Å². The fraction of sp³-hybridized carbons (Fsp3) is 0.130. The summed E-state index contributed by atoms with van der Waals surface area (Å²) in [4.78, 5) is 22.1. The molecule has 4 heterocycles. The van der Waals surface area contributed by atoms with Crippen molar-refractivity contribution in [1.29, 1.82) is 0 Å². The first-order chi connectivity index (χ1) is 14.2. The number of hydrogen-bond donors (Lipinski definition) is 0. The molecule has 0 saturated carbocycles. The Bertz CT molecular complexity index is 1400. The fourth-order valence-electron chi connectivity index (χ4n) is 3.54. The molecule has 4 aromatic heterocycles. The van der Waals surface area contributed by atoms with Gasteiger partial charge in [-0.25, -0.2) is 4.68 Å². The molecule has 29 heavy (non-hydrogen) atoms. The van der Waals surface area contributed by atoms with Crippen LogP contribution in [-0.4, -0.2) is 19.7 Å². The van der Waals surface area contributed by atoms with Crippen LogP contribution in [0, 0.1) is 6.92 Å². The maximum atomic E-state index is 13.2.